The fraction of sp³-hybridized carbons (Fsp3) is 0.100. The van der Waals surface area contributed by atoms with E-state index in [9.17, 15) is 14.7 Å². The van der Waals surface area contributed by atoms with Crippen LogP contribution in [0.15, 0.2) is 65.7 Å². The molecule has 0 saturated carbocycles. The number of thiophene rings is 1. The first-order chi connectivity index (χ1) is 13.1. The Kier molecular flexibility index (Phi) is 4.29. The molecule has 1 aromatic carbocycles. The van der Waals surface area contributed by atoms with Gasteiger partial charge in [0.05, 0.1) is 5.39 Å². The maximum Gasteiger partial charge on any atom is 0.326 e. The van der Waals surface area contributed by atoms with Crippen molar-refractivity contribution in [3.05, 3.63) is 71.3 Å². The van der Waals surface area contributed by atoms with Crippen molar-refractivity contribution in [3.63, 3.8) is 0 Å². The molecule has 1 atom stereocenters. The lowest BCUT2D eigenvalue weighted by atomic mass is 10.2. The van der Waals surface area contributed by atoms with Crippen molar-refractivity contribution >= 4 is 27.5 Å². The summed E-state index contributed by atoms with van der Waals surface area (Å²) in [5.74, 6) is -0.793. The molecule has 0 amide bonds. The summed E-state index contributed by atoms with van der Waals surface area (Å²) in [7, 11) is 0. The summed E-state index contributed by atoms with van der Waals surface area (Å²) in [4.78, 5) is 34.9. The van der Waals surface area contributed by atoms with Crippen LogP contribution in [0.2, 0.25) is 0 Å². The van der Waals surface area contributed by atoms with Gasteiger partial charge in [0.15, 0.2) is 0 Å². The molecule has 0 spiro atoms. The third-order valence-electron chi connectivity index (χ3n) is 4.32. The maximum atomic E-state index is 13.2. The fourth-order valence-corrected chi connectivity index (χ4v) is 3.93. The quantitative estimate of drug-likeness (QED) is 0.584. The maximum absolute atomic E-state index is 13.2. The number of carbonyl (C=O) groups is 1. The molecule has 134 valence electrons. The number of pyridine rings is 1. The molecule has 0 aliphatic rings. The molecule has 1 unspecified atom stereocenters. The van der Waals surface area contributed by atoms with Gasteiger partial charge in [0.1, 0.15) is 16.7 Å². The number of aliphatic carboxylic acids is 1. The standard InChI is InChI=1S/C20H15N3O3S/c1-12(20(25)26)23-17(14-8-5-9-21-11-14)22-18-15(19(23)24)10-16(27-18)13-6-3-2-4-7-13/h2-12H,1H3,(H,25,26). The van der Waals surface area contributed by atoms with E-state index in [4.69, 9.17) is 0 Å². The summed E-state index contributed by atoms with van der Waals surface area (Å²) in [5, 5.41) is 9.90. The molecular weight excluding hydrogens is 362 g/mol. The van der Waals surface area contributed by atoms with E-state index in [1.54, 1.807) is 30.6 Å². The lowest BCUT2D eigenvalue weighted by Gasteiger charge is -2.15. The summed E-state index contributed by atoms with van der Waals surface area (Å²) in [6.45, 7) is 1.47. The molecular formula is C20H15N3O3S. The fourth-order valence-electron chi connectivity index (χ4n) is 2.91. The Hall–Kier alpha value is -3.32. The van der Waals surface area contributed by atoms with Gasteiger partial charge in [-0.2, -0.15) is 0 Å². The minimum Gasteiger partial charge on any atom is -0.480 e. The number of benzene rings is 1. The normalized spacial score (nSPS) is 12.2. The van der Waals surface area contributed by atoms with Crippen LogP contribution in [0.25, 0.3) is 32.0 Å². The lowest BCUT2D eigenvalue weighted by Crippen LogP contribution is -2.30. The van der Waals surface area contributed by atoms with E-state index in [-0.39, 0.29) is 5.56 Å². The van der Waals surface area contributed by atoms with Crippen molar-refractivity contribution < 1.29 is 9.90 Å². The molecule has 0 saturated heterocycles. The van der Waals surface area contributed by atoms with Crippen LogP contribution in [0, 0.1) is 0 Å². The average molecular weight is 377 g/mol. The first kappa shape index (κ1) is 17.1. The molecule has 3 aromatic heterocycles. The van der Waals surface area contributed by atoms with E-state index < -0.39 is 12.0 Å². The van der Waals surface area contributed by atoms with Gasteiger partial charge in [0.2, 0.25) is 0 Å². The van der Waals surface area contributed by atoms with Gasteiger partial charge in [0.25, 0.3) is 5.56 Å². The van der Waals surface area contributed by atoms with E-state index in [1.807, 2.05) is 30.3 Å². The summed E-state index contributed by atoms with van der Waals surface area (Å²) in [6.07, 6.45) is 3.19. The van der Waals surface area contributed by atoms with Gasteiger partial charge >= 0.3 is 5.97 Å². The van der Waals surface area contributed by atoms with Crippen LogP contribution in [0.4, 0.5) is 0 Å². The van der Waals surface area contributed by atoms with Crippen LogP contribution in [-0.2, 0) is 4.79 Å². The second kappa shape index (κ2) is 6.77. The minimum atomic E-state index is -1.10. The Labute approximate surface area is 158 Å². The van der Waals surface area contributed by atoms with Gasteiger partial charge in [-0.3, -0.25) is 14.3 Å². The number of nitrogens with zero attached hydrogens (tertiary/aromatic N) is 3. The van der Waals surface area contributed by atoms with Crippen molar-refractivity contribution in [2.45, 2.75) is 13.0 Å². The highest BCUT2D eigenvalue weighted by Gasteiger charge is 2.23. The smallest absolute Gasteiger partial charge is 0.326 e. The summed E-state index contributed by atoms with van der Waals surface area (Å²) in [6, 6.07) is 13.9. The average Bonchev–Trinajstić information content (AvgIpc) is 3.13. The molecule has 0 aliphatic heterocycles. The van der Waals surface area contributed by atoms with E-state index >= 15 is 0 Å². The number of rotatable bonds is 4. The summed E-state index contributed by atoms with van der Waals surface area (Å²) >= 11 is 1.41. The molecule has 27 heavy (non-hydrogen) atoms. The first-order valence-corrected chi connectivity index (χ1v) is 9.12. The Morgan fingerprint density at radius 1 is 1.15 bits per heavy atom. The number of fused-ring (bicyclic) bond motifs is 1. The number of hydrogen-bond acceptors (Lipinski definition) is 5. The van der Waals surface area contributed by atoms with Crippen molar-refractivity contribution in [3.8, 4) is 21.8 Å². The van der Waals surface area contributed by atoms with Gasteiger partial charge in [-0.25, -0.2) is 9.78 Å². The van der Waals surface area contributed by atoms with E-state index in [0.717, 1.165) is 10.4 Å². The zero-order chi connectivity index (χ0) is 19.0. The molecule has 7 heteroatoms. The highest BCUT2D eigenvalue weighted by molar-refractivity contribution is 7.21. The number of carboxylic acids is 1. The predicted octanol–water partition coefficient (Wildman–Crippen LogP) is 3.83. The highest BCUT2D eigenvalue weighted by Crippen LogP contribution is 2.32. The molecule has 4 aromatic rings. The number of aromatic nitrogens is 3. The lowest BCUT2D eigenvalue weighted by molar-refractivity contribution is -0.140. The Bertz CT molecular complexity index is 1180. The predicted molar refractivity (Wildman–Crippen MR) is 105 cm³/mol. The molecule has 6 nitrogen and oxygen atoms in total. The molecule has 0 fully saturated rings. The molecule has 4 rings (SSSR count). The van der Waals surface area contributed by atoms with Crippen LogP contribution in [0.5, 0.6) is 0 Å². The van der Waals surface area contributed by atoms with Crippen LogP contribution >= 0.6 is 11.3 Å². The summed E-state index contributed by atoms with van der Waals surface area (Å²) in [5.41, 5.74) is 1.21. The molecule has 0 bridgehead atoms. The van der Waals surface area contributed by atoms with Crippen LogP contribution in [0.1, 0.15) is 13.0 Å². The van der Waals surface area contributed by atoms with Gasteiger partial charge in [-0.1, -0.05) is 30.3 Å². The monoisotopic (exact) mass is 377 g/mol. The number of hydrogen-bond donors (Lipinski definition) is 1. The second-order valence-electron chi connectivity index (χ2n) is 6.06. The summed E-state index contributed by atoms with van der Waals surface area (Å²) < 4.78 is 1.23. The van der Waals surface area contributed by atoms with Gasteiger partial charge in [0, 0.05) is 22.8 Å². The largest absolute Gasteiger partial charge is 0.480 e. The second-order valence-corrected chi connectivity index (χ2v) is 7.09. The molecule has 1 N–H and O–H groups in total. The SMILES string of the molecule is CC(C(=O)O)n1c(-c2cccnc2)nc2sc(-c3ccccc3)cc2c1=O. The number of carboxylic acid groups (broad SMARTS) is 1. The first-order valence-electron chi connectivity index (χ1n) is 8.31. The van der Waals surface area contributed by atoms with E-state index in [2.05, 4.69) is 9.97 Å². The van der Waals surface area contributed by atoms with Crippen molar-refractivity contribution in [1.29, 1.82) is 0 Å². The molecule has 3 heterocycles. The van der Waals surface area contributed by atoms with Gasteiger partial charge < -0.3 is 5.11 Å². The van der Waals surface area contributed by atoms with Crippen LogP contribution < -0.4 is 5.56 Å². The highest BCUT2D eigenvalue weighted by atomic mass is 32.1. The minimum absolute atomic E-state index is 0.303. The Morgan fingerprint density at radius 3 is 2.56 bits per heavy atom. The van der Waals surface area contributed by atoms with Crippen LogP contribution in [-0.4, -0.2) is 25.6 Å². The third-order valence-corrected chi connectivity index (χ3v) is 5.40. The molecule has 0 radical (unpaired) electrons. The van der Waals surface area contributed by atoms with Gasteiger partial charge in [-0.15, -0.1) is 11.3 Å². The third kappa shape index (κ3) is 3.02. The topological polar surface area (TPSA) is 85.1 Å². The van der Waals surface area contributed by atoms with E-state index in [0.29, 0.717) is 21.6 Å². The molecule has 0 aliphatic carbocycles. The van der Waals surface area contributed by atoms with Crippen LogP contribution in [0.3, 0.4) is 0 Å². The Morgan fingerprint density at radius 2 is 1.89 bits per heavy atom. The van der Waals surface area contributed by atoms with Gasteiger partial charge in [-0.05, 0) is 30.7 Å². The zero-order valence-corrected chi connectivity index (χ0v) is 15.2. The Balaban J connectivity index is 2.02. The van der Waals surface area contributed by atoms with E-state index in [1.165, 1.54) is 22.8 Å². The van der Waals surface area contributed by atoms with Crippen molar-refractivity contribution in [1.82, 2.24) is 14.5 Å². The van der Waals surface area contributed by atoms with Crippen molar-refractivity contribution in [2.75, 3.05) is 0 Å². The van der Waals surface area contributed by atoms with Crippen molar-refractivity contribution in [2.24, 2.45) is 0 Å². The zero-order valence-electron chi connectivity index (χ0n) is 14.4.